The van der Waals surface area contributed by atoms with Crippen molar-refractivity contribution < 1.29 is 4.79 Å². The fourth-order valence-corrected chi connectivity index (χ4v) is 3.00. The van der Waals surface area contributed by atoms with Gasteiger partial charge in [0, 0.05) is 35.0 Å². The average Bonchev–Trinajstić information content (AvgIpc) is 2.72. The predicted molar refractivity (Wildman–Crippen MR) is 88.5 cm³/mol. The second-order valence-electron chi connectivity index (χ2n) is 6.93. The summed E-state index contributed by atoms with van der Waals surface area (Å²) in [6, 6.07) is 8.34. The molecule has 0 spiro atoms. The molecule has 0 aliphatic heterocycles. The number of carbonyl (C=O) groups is 1. The van der Waals surface area contributed by atoms with Crippen LogP contribution in [0, 0.1) is 12.8 Å². The Morgan fingerprint density at radius 3 is 2.62 bits per heavy atom. The first-order chi connectivity index (χ1) is 9.81. The maximum atomic E-state index is 11.9. The average molecular weight is 286 g/mol. The van der Waals surface area contributed by atoms with Crippen LogP contribution in [0.2, 0.25) is 0 Å². The molecular formula is C18H26N2O. The third kappa shape index (κ3) is 3.46. The number of nitrogens with one attached hydrogen (secondary N) is 2. The molecule has 3 nitrogen and oxygen atoms in total. The van der Waals surface area contributed by atoms with Crippen molar-refractivity contribution in [3.05, 3.63) is 35.5 Å². The number of aromatic nitrogens is 1. The lowest BCUT2D eigenvalue weighted by Gasteiger charge is -2.26. The van der Waals surface area contributed by atoms with Crippen molar-refractivity contribution in [3.63, 3.8) is 0 Å². The first-order valence-electron chi connectivity index (χ1n) is 7.66. The maximum absolute atomic E-state index is 11.9. The second-order valence-corrected chi connectivity index (χ2v) is 6.93. The van der Waals surface area contributed by atoms with Gasteiger partial charge in [0.2, 0.25) is 5.91 Å². The molecule has 0 atom stereocenters. The van der Waals surface area contributed by atoms with E-state index in [1.54, 1.807) is 0 Å². The van der Waals surface area contributed by atoms with Crippen LogP contribution in [0.25, 0.3) is 10.9 Å². The molecule has 1 aromatic carbocycles. The molecule has 0 saturated heterocycles. The molecule has 0 aliphatic rings. The molecule has 1 amide bonds. The monoisotopic (exact) mass is 286 g/mol. The van der Waals surface area contributed by atoms with Crippen molar-refractivity contribution in [2.45, 2.75) is 46.5 Å². The van der Waals surface area contributed by atoms with E-state index >= 15 is 0 Å². The summed E-state index contributed by atoms with van der Waals surface area (Å²) in [5.41, 5.74) is 3.53. The Hall–Kier alpha value is -1.77. The number of aryl methyl sites for hydroxylation is 1. The van der Waals surface area contributed by atoms with Crippen LogP contribution >= 0.6 is 0 Å². The summed E-state index contributed by atoms with van der Waals surface area (Å²) in [7, 11) is 0. The van der Waals surface area contributed by atoms with Crippen LogP contribution in [0.5, 0.6) is 0 Å². The fraction of sp³-hybridized carbons (Fsp3) is 0.500. The number of rotatable bonds is 5. The Kier molecular flexibility index (Phi) is 4.40. The summed E-state index contributed by atoms with van der Waals surface area (Å²) in [5, 5.41) is 4.33. The second kappa shape index (κ2) is 5.92. The molecule has 0 unspecified atom stereocenters. The summed E-state index contributed by atoms with van der Waals surface area (Å²) in [5.74, 6) is 0.526. The van der Waals surface area contributed by atoms with Crippen molar-refractivity contribution in [2.75, 3.05) is 6.54 Å². The number of H-pyrrole nitrogens is 1. The smallest absolute Gasteiger partial charge is 0.220 e. The van der Waals surface area contributed by atoms with Gasteiger partial charge in [-0.1, -0.05) is 45.9 Å². The zero-order chi connectivity index (χ0) is 15.6. The van der Waals surface area contributed by atoms with Crippen molar-refractivity contribution in [3.8, 4) is 0 Å². The summed E-state index contributed by atoms with van der Waals surface area (Å²) in [6.07, 6.45) is 0.586. The van der Waals surface area contributed by atoms with Crippen molar-refractivity contribution in [1.29, 1.82) is 0 Å². The molecule has 0 radical (unpaired) electrons. The minimum absolute atomic E-state index is 0.101. The van der Waals surface area contributed by atoms with Gasteiger partial charge in [0.25, 0.3) is 0 Å². The third-order valence-corrected chi connectivity index (χ3v) is 3.89. The zero-order valence-electron chi connectivity index (χ0n) is 13.7. The molecule has 0 aliphatic carbocycles. The van der Waals surface area contributed by atoms with Crippen LogP contribution in [0.3, 0.4) is 0 Å². The maximum Gasteiger partial charge on any atom is 0.220 e. The molecule has 0 fully saturated rings. The standard InChI is InChI=1S/C18H26N2O/c1-12(2)10-16(21)19-11-18(4,5)17-13(3)20-15-9-7-6-8-14(15)17/h6-9,12,20H,10-11H2,1-5H3,(H,19,21). The molecule has 114 valence electrons. The number of carbonyl (C=O) groups excluding carboxylic acids is 1. The Bertz CT molecular complexity index is 638. The van der Waals surface area contributed by atoms with E-state index in [4.69, 9.17) is 0 Å². The van der Waals surface area contributed by atoms with Crippen molar-refractivity contribution in [1.82, 2.24) is 10.3 Å². The lowest BCUT2D eigenvalue weighted by Crippen LogP contribution is -2.37. The van der Waals surface area contributed by atoms with Crippen LogP contribution in [0.15, 0.2) is 24.3 Å². The number of para-hydroxylation sites is 1. The van der Waals surface area contributed by atoms with Crippen LogP contribution in [-0.2, 0) is 10.2 Å². The van der Waals surface area contributed by atoms with Gasteiger partial charge in [-0.15, -0.1) is 0 Å². The van der Waals surface area contributed by atoms with Gasteiger partial charge in [-0.05, 0) is 24.5 Å². The van der Waals surface area contributed by atoms with Crippen LogP contribution in [0.4, 0.5) is 0 Å². The number of aromatic amines is 1. The van der Waals surface area contributed by atoms with Gasteiger partial charge in [-0.2, -0.15) is 0 Å². The Morgan fingerprint density at radius 2 is 1.95 bits per heavy atom. The van der Waals surface area contributed by atoms with E-state index in [1.165, 1.54) is 16.6 Å². The zero-order valence-corrected chi connectivity index (χ0v) is 13.7. The van der Waals surface area contributed by atoms with E-state index in [0.29, 0.717) is 18.9 Å². The quantitative estimate of drug-likeness (QED) is 0.860. The molecule has 2 rings (SSSR count). The summed E-state index contributed by atoms with van der Waals surface area (Å²) < 4.78 is 0. The predicted octanol–water partition coefficient (Wildman–Crippen LogP) is 3.92. The molecule has 0 bridgehead atoms. The minimum Gasteiger partial charge on any atom is -0.358 e. The number of benzene rings is 1. The Balaban J connectivity index is 2.21. The number of hydrogen-bond acceptors (Lipinski definition) is 1. The van der Waals surface area contributed by atoms with E-state index in [1.807, 2.05) is 6.07 Å². The summed E-state index contributed by atoms with van der Waals surface area (Å²) in [6.45, 7) is 11.3. The summed E-state index contributed by atoms with van der Waals surface area (Å²) in [4.78, 5) is 15.3. The van der Waals surface area contributed by atoms with Gasteiger partial charge < -0.3 is 10.3 Å². The lowest BCUT2D eigenvalue weighted by molar-refractivity contribution is -0.122. The first kappa shape index (κ1) is 15.6. The van der Waals surface area contributed by atoms with Gasteiger partial charge in [-0.25, -0.2) is 0 Å². The van der Waals surface area contributed by atoms with Crippen molar-refractivity contribution in [2.24, 2.45) is 5.92 Å². The highest BCUT2D eigenvalue weighted by Gasteiger charge is 2.26. The highest BCUT2D eigenvalue weighted by molar-refractivity contribution is 5.86. The molecular weight excluding hydrogens is 260 g/mol. The number of fused-ring (bicyclic) bond motifs is 1. The van der Waals surface area contributed by atoms with E-state index < -0.39 is 0 Å². The van der Waals surface area contributed by atoms with E-state index in [9.17, 15) is 4.79 Å². The van der Waals surface area contributed by atoms with Gasteiger partial charge in [0.1, 0.15) is 0 Å². The van der Waals surface area contributed by atoms with Crippen LogP contribution < -0.4 is 5.32 Å². The Morgan fingerprint density at radius 1 is 1.29 bits per heavy atom. The Labute approximate surface area is 127 Å². The van der Waals surface area contributed by atoms with Gasteiger partial charge in [-0.3, -0.25) is 4.79 Å². The van der Waals surface area contributed by atoms with Crippen molar-refractivity contribution >= 4 is 16.8 Å². The third-order valence-electron chi connectivity index (χ3n) is 3.89. The molecule has 2 aromatic rings. The highest BCUT2D eigenvalue weighted by Crippen LogP contribution is 2.32. The molecule has 1 aromatic heterocycles. The van der Waals surface area contributed by atoms with Gasteiger partial charge >= 0.3 is 0 Å². The van der Waals surface area contributed by atoms with E-state index in [-0.39, 0.29) is 11.3 Å². The molecule has 2 N–H and O–H groups in total. The number of amides is 1. The topological polar surface area (TPSA) is 44.9 Å². The van der Waals surface area contributed by atoms with Crippen LogP contribution in [0.1, 0.15) is 45.4 Å². The minimum atomic E-state index is -0.101. The highest BCUT2D eigenvalue weighted by atomic mass is 16.1. The van der Waals surface area contributed by atoms with E-state index in [0.717, 1.165) is 5.52 Å². The lowest BCUT2D eigenvalue weighted by atomic mass is 9.82. The van der Waals surface area contributed by atoms with E-state index in [2.05, 4.69) is 63.1 Å². The first-order valence-corrected chi connectivity index (χ1v) is 7.66. The largest absolute Gasteiger partial charge is 0.358 e. The van der Waals surface area contributed by atoms with Gasteiger partial charge in [0.15, 0.2) is 0 Å². The number of hydrogen-bond donors (Lipinski definition) is 2. The van der Waals surface area contributed by atoms with Crippen LogP contribution in [-0.4, -0.2) is 17.4 Å². The normalized spacial score (nSPS) is 12.1. The van der Waals surface area contributed by atoms with Gasteiger partial charge in [0.05, 0.1) is 0 Å². The molecule has 0 saturated carbocycles. The molecule has 3 heteroatoms. The molecule has 21 heavy (non-hydrogen) atoms. The molecule has 1 heterocycles. The summed E-state index contributed by atoms with van der Waals surface area (Å²) >= 11 is 0. The SMILES string of the molecule is Cc1[nH]c2ccccc2c1C(C)(C)CNC(=O)CC(C)C. The fourth-order valence-electron chi connectivity index (χ4n) is 3.00.